The second-order valence-electron chi connectivity index (χ2n) is 7.91. The summed E-state index contributed by atoms with van der Waals surface area (Å²) in [6.45, 7) is 1.42. The first-order chi connectivity index (χ1) is 16.4. The zero-order chi connectivity index (χ0) is 24.5. The number of aliphatic hydroxyl groups is 1. The average Bonchev–Trinajstić information content (AvgIpc) is 2.84. The lowest BCUT2D eigenvalue weighted by molar-refractivity contribution is -0.139. The number of hydrogen-bond donors (Lipinski definition) is 2. The van der Waals surface area contributed by atoms with Gasteiger partial charge in [0, 0.05) is 25.7 Å². The molecule has 8 nitrogen and oxygen atoms in total. The van der Waals surface area contributed by atoms with Gasteiger partial charge in [0.2, 0.25) is 0 Å². The maximum absolute atomic E-state index is 13.3. The molecule has 0 radical (unpaired) electrons. The van der Waals surface area contributed by atoms with Crippen molar-refractivity contribution in [1.29, 1.82) is 0 Å². The van der Waals surface area contributed by atoms with Crippen LogP contribution in [-0.2, 0) is 9.53 Å². The van der Waals surface area contributed by atoms with Crippen molar-refractivity contribution >= 4 is 11.9 Å². The van der Waals surface area contributed by atoms with Crippen LogP contribution in [0.4, 0.5) is 8.78 Å². The first-order valence-corrected chi connectivity index (χ1v) is 10.9. The van der Waals surface area contributed by atoms with Gasteiger partial charge in [0.15, 0.2) is 11.6 Å². The number of carbonyl (C=O) groups excluding carboxylic acids is 2. The number of amides is 1. The number of aliphatic hydroxyl groups excluding tert-OH is 1. The van der Waals surface area contributed by atoms with Crippen LogP contribution in [0.25, 0.3) is 0 Å². The van der Waals surface area contributed by atoms with E-state index in [4.69, 9.17) is 9.47 Å². The number of likely N-dealkylation sites (tertiary alicyclic amines) is 1. The predicted molar refractivity (Wildman–Crippen MR) is 119 cm³/mol. The van der Waals surface area contributed by atoms with Gasteiger partial charge < -0.3 is 29.5 Å². The Morgan fingerprint density at radius 2 is 1.88 bits per heavy atom. The summed E-state index contributed by atoms with van der Waals surface area (Å²) in [5, 5.41) is 12.9. The molecule has 1 amide bonds. The molecule has 0 aliphatic carbocycles. The van der Waals surface area contributed by atoms with Gasteiger partial charge in [-0.25, -0.2) is 8.78 Å². The van der Waals surface area contributed by atoms with Gasteiger partial charge in [-0.1, -0.05) is 12.1 Å². The van der Waals surface area contributed by atoms with E-state index in [1.165, 1.54) is 13.2 Å². The molecule has 1 heterocycles. The molecule has 0 bridgehead atoms. The number of esters is 1. The Hall–Kier alpha value is -3.24. The van der Waals surface area contributed by atoms with Gasteiger partial charge in [-0.05, 0) is 37.1 Å². The fourth-order valence-electron chi connectivity index (χ4n) is 3.59. The summed E-state index contributed by atoms with van der Waals surface area (Å²) < 4.78 is 42.3. The van der Waals surface area contributed by atoms with E-state index in [1.807, 2.05) is 0 Å². The summed E-state index contributed by atoms with van der Waals surface area (Å²) in [6.07, 6.45) is 0.436. The summed E-state index contributed by atoms with van der Waals surface area (Å²) in [5.41, 5.74) is 0.244. The highest BCUT2D eigenvalue weighted by molar-refractivity contribution is 5.98. The summed E-state index contributed by atoms with van der Waals surface area (Å²) >= 11 is 0. The van der Waals surface area contributed by atoms with Crippen molar-refractivity contribution in [3.63, 3.8) is 0 Å². The van der Waals surface area contributed by atoms with Crippen LogP contribution in [0.3, 0.4) is 0 Å². The molecule has 1 atom stereocenters. The highest BCUT2D eigenvalue weighted by atomic mass is 19.2. The molecule has 1 aliphatic heterocycles. The number of hydrogen-bond acceptors (Lipinski definition) is 7. The van der Waals surface area contributed by atoms with Crippen LogP contribution in [0, 0.1) is 11.6 Å². The molecular weight excluding hydrogens is 450 g/mol. The number of carbonyl (C=O) groups is 2. The van der Waals surface area contributed by atoms with E-state index < -0.39 is 29.6 Å². The number of halogens is 2. The van der Waals surface area contributed by atoms with Crippen LogP contribution in [0.1, 0.15) is 23.2 Å². The average molecular weight is 478 g/mol. The Balaban J connectivity index is 1.43. The van der Waals surface area contributed by atoms with Gasteiger partial charge in [-0.2, -0.15) is 0 Å². The molecule has 3 rings (SSSR count). The van der Waals surface area contributed by atoms with Gasteiger partial charge >= 0.3 is 5.97 Å². The fourth-order valence-corrected chi connectivity index (χ4v) is 3.59. The largest absolute Gasteiger partial charge is 0.490 e. The number of rotatable bonds is 10. The molecule has 1 aliphatic rings. The lowest BCUT2D eigenvalue weighted by Crippen LogP contribution is -2.43. The molecule has 2 aromatic carbocycles. The second kappa shape index (κ2) is 12.3. The minimum atomic E-state index is -0.944. The van der Waals surface area contributed by atoms with E-state index in [0.29, 0.717) is 44.0 Å². The highest BCUT2D eigenvalue weighted by Crippen LogP contribution is 2.22. The van der Waals surface area contributed by atoms with E-state index in [2.05, 4.69) is 15.0 Å². The maximum Gasteiger partial charge on any atom is 0.325 e. The number of ether oxygens (including phenoxy) is 3. The van der Waals surface area contributed by atoms with Gasteiger partial charge in [-0.15, -0.1) is 0 Å². The van der Waals surface area contributed by atoms with E-state index in [9.17, 15) is 23.5 Å². The third kappa shape index (κ3) is 7.39. The molecule has 184 valence electrons. The van der Waals surface area contributed by atoms with Crippen LogP contribution in [-0.4, -0.2) is 74.0 Å². The SMILES string of the molecule is COC(=O)CNC(=O)c1ccccc1OCC(O)CN1CCC(Oc2ccc(F)c(F)c2)CC1. The quantitative estimate of drug-likeness (QED) is 0.505. The number of nitrogens with zero attached hydrogens (tertiary/aromatic N) is 1. The minimum Gasteiger partial charge on any atom is -0.490 e. The normalized spacial score (nSPS) is 15.4. The summed E-state index contributed by atoms with van der Waals surface area (Å²) in [6, 6.07) is 10.0. The molecule has 2 aromatic rings. The van der Waals surface area contributed by atoms with Crippen LogP contribution in [0.2, 0.25) is 0 Å². The Morgan fingerprint density at radius 1 is 1.15 bits per heavy atom. The molecule has 1 unspecified atom stereocenters. The number of methoxy groups -OCH3 is 1. The first-order valence-electron chi connectivity index (χ1n) is 10.9. The lowest BCUT2D eigenvalue weighted by Gasteiger charge is -2.33. The van der Waals surface area contributed by atoms with Crippen molar-refractivity contribution in [1.82, 2.24) is 10.2 Å². The standard InChI is InChI=1S/C24H28F2N2O6/c1-32-23(30)13-27-24(31)19-4-2-3-5-22(19)33-15-16(29)14-28-10-8-17(9-11-28)34-18-6-7-20(25)21(26)12-18/h2-7,12,16-17,29H,8-11,13-15H2,1H3,(H,27,31). The molecule has 1 fully saturated rings. The molecule has 34 heavy (non-hydrogen) atoms. The van der Waals surface area contributed by atoms with Crippen LogP contribution >= 0.6 is 0 Å². The number of para-hydroxylation sites is 1. The molecule has 0 spiro atoms. The number of β-amino-alcohol motifs (C(OH)–C–C–N with tert-alkyl or cyclic N) is 1. The van der Waals surface area contributed by atoms with Crippen molar-refractivity contribution in [2.75, 3.05) is 39.9 Å². The van der Waals surface area contributed by atoms with E-state index >= 15 is 0 Å². The Labute approximate surface area is 196 Å². The van der Waals surface area contributed by atoms with Gasteiger partial charge in [0.1, 0.15) is 36.9 Å². The van der Waals surface area contributed by atoms with Crippen molar-refractivity contribution in [3.05, 3.63) is 59.7 Å². The maximum atomic E-state index is 13.3. The Bertz CT molecular complexity index is 982. The van der Waals surface area contributed by atoms with Crippen molar-refractivity contribution in [2.24, 2.45) is 0 Å². The zero-order valence-electron chi connectivity index (χ0n) is 18.8. The van der Waals surface area contributed by atoms with Gasteiger partial charge in [-0.3, -0.25) is 9.59 Å². The topological polar surface area (TPSA) is 97.3 Å². The predicted octanol–water partition coefficient (Wildman–Crippen LogP) is 2.15. The van der Waals surface area contributed by atoms with E-state index in [-0.39, 0.29) is 24.8 Å². The second-order valence-corrected chi connectivity index (χ2v) is 7.91. The molecular formula is C24H28F2N2O6. The molecule has 0 saturated carbocycles. The number of piperidine rings is 1. The highest BCUT2D eigenvalue weighted by Gasteiger charge is 2.23. The van der Waals surface area contributed by atoms with Crippen LogP contribution in [0.15, 0.2) is 42.5 Å². The molecule has 0 aromatic heterocycles. The van der Waals surface area contributed by atoms with E-state index in [1.54, 1.807) is 24.3 Å². The summed E-state index contributed by atoms with van der Waals surface area (Å²) in [7, 11) is 1.23. The summed E-state index contributed by atoms with van der Waals surface area (Å²) in [4.78, 5) is 25.6. The van der Waals surface area contributed by atoms with Crippen LogP contribution < -0.4 is 14.8 Å². The van der Waals surface area contributed by atoms with Crippen molar-refractivity contribution < 1.29 is 37.7 Å². The molecule has 10 heteroatoms. The molecule has 2 N–H and O–H groups in total. The van der Waals surface area contributed by atoms with Crippen LogP contribution in [0.5, 0.6) is 11.5 Å². The van der Waals surface area contributed by atoms with Gasteiger partial charge in [0.05, 0.1) is 12.7 Å². The molecule has 1 saturated heterocycles. The zero-order valence-corrected chi connectivity index (χ0v) is 18.8. The minimum absolute atomic E-state index is 0.0213. The van der Waals surface area contributed by atoms with E-state index in [0.717, 1.165) is 12.1 Å². The number of benzene rings is 2. The Morgan fingerprint density at radius 3 is 2.59 bits per heavy atom. The fraction of sp³-hybridized carbons (Fsp3) is 0.417. The number of nitrogens with one attached hydrogen (secondary N) is 1. The first kappa shape index (κ1) is 25.4. The van der Waals surface area contributed by atoms with Crippen molar-refractivity contribution in [3.8, 4) is 11.5 Å². The Kier molecular flexibility index (Phi) is 9.17. The summed E-state index contributed by atoms with van der Waals surface area (Å²) in [5.74, 6) is -2.33. The lowest BCUT2D eigenvalue weighted by atomic mass is 10.1. The smallest absolute Gasteiger partial charge is 0.325 e. The third-order valence-corrected chi connectivity index (χ3v) is 5.38. The van der Waals surface area contributed by atoms with Gasteiger partial charge in [0.25, 0.3) is 5.91 Å². The van der Waals surface area contributed by atoms with Crippen molar-refractivity contribution in [2.45, 2.75) is 25.0 Å². The monoisotopic (exact) mass is 478 g/mol. The third-order valence-electron chi connectivity index (χ3n) is 5.38.